The summed E-state index contributed by atoms with van der Waals surface area (Å²) in [6.45, 7) is 8.95. The number of hydrogen-bond acceptors (Lipinski definition) is 5. The topological polar surface area (TPSA) is 90.7 Å². The van der Waals surface area contributed by atoms with Crippen LogP contribution in [0, 0.1) is 10.1 Å². The van der Waals surface area contributed by atoms with Crippen molar-refractivity contribution in [3.63, 3.8) is 0 Å². The van der Waals surface area contributed by atoms with Crippen molar-refractivity contribution in [1.82, 2.24) is 5.32 Å². The second-order valence-electron chi connectivity index (χ2n) is 7.94. The molecule has 2 rings (SSSR count). The van der Waals surface area contributed by atoms with Crippen LogP contribution in [-0.4, -0.2) is 16.6 Å². The first-order valence-corrected chi connectivity index (χ1v) is 8.95. The van der Waals surface area contributed by atoms with Crippen LogP contribution in [0.3, 0.4) is 0 Å². The van der Waals surface area contributed by atoms with Gasteiger partial charge in [0.15, 0.2) is 0 Å². The number of nitrogens with one attached hydrogen (secondary N) is 1. The van der Waals surface area contributed by atoms with Gasteiger partial charge in [-0.05, 0) is 40.2 Å². The van der Waals surface area contributed by atoms with Crippen LogP contribution < -0.4 is 10.1 Å². The van der Waals surface area contributed by atoms with Gasteiger partial charge in [-0.25, -0.2) is 4.79 Å². The van der Waals surface area contributed by atoms with Gasteiger partial charge in [0.25, 0.3) is 0 Å². The third-order valence-electron chi connectivity index (χ3n) is 3.90. The van der Waals surface area contributed by atoms with Crippen LogP contribution in [0.15, 0.2) is 48.5 Å². The van der Waals surface area contributed by atoms with E-state index in [0.717, 1.165) is 5.56 Å². The normalized spacial score (nSPS) is 11.6. The molecule has 150 valence electrons. The van der Waals surface area contributed by atoms with Gasteiger partial charge < -0.3 is 14.8 Å². The molecule has 1 amide bonds. The predicted molar refractivity (Wildman–Crippen MR) is 106 cm³/mol. The first-order valence-electron chi connectivity index (χ1n) is 8.95. The maximum absolute atomic E-state index is 12.2. The van der Waals surface area contributed by atoms with Gasteiger partial charge in [0.05, 0.1) is 10.5 Å². The summed E-state index contributed by atoms with van der Waals surface area (Å²) in [6.07, 6.45) is -0.613. The van der Waals surface area contributed by atoms with Gasteiger partial charge in [0.1, 0.15) is 12.2 Å². The van der Waals surface area contributed by atoms with Crippen molar-refractivity contribution in [3.8, 4) is 5.75 Å². The molecule has 2 aromatic carbocycles. The Bertz CT molecular complexity index is 842. The number of ether oxygens (including phenoxy) is 2. The SMILES string of the molecule is CC(C)(C)OC(=O)NC(C)(C)c1cccc([N+](=O)[O-])c1OCc1ccccc1. The molecular formula is C21H26N2O5. The van der Waals surface area contributed by atoms with E-state index >= 15 is 0 Å². The number of hydrogen-bond donors (Lipinski definition) is 1. The highest BCUT2D eigenvalue weighted by atomic mass is 16.6. The molecule has 0 bridgehead atoms. The van der Waals surface area contributed by atoms with Crippen molar-refractivity contribution >= 4 is 11.8 Å². The molecule has 0 saturated heterocycles. The van der Waals surface area contributed by atoms with E-state index in [1.807, 2.05) is 30.3 Å². The van der Waals surface area contributed by atoms with Gasteiger partial charge in [0.2, 0.25) is 5.75 Å². The fourth-order valence-corrected chi connectivity index (χ4v) is 2.67. The largest absolute Gasteiger partial charge is 0.482 e. The highest BCUT2D eigenvalue weighted by Gasteiger charge is 2.32. The van der Waals surface area contributed by atoms with Crippen LogP contribution in [0.25, 0.3) is 0 Å². The molecule has 0 heterocycles. The molecule has 7 heteroatoms. The molecule has 2 aromatic rings. The van der Waals surface area contributed by atoms with Gasteiger partial charge in [-0.1, -0.05) is 42.5 Å². The summed E-state index contributed by atoms with van der Waals surface area (Å²) in [5.74, 6) is 0.123. The molecule has 0 fully saturated rings. The third kappa shape index (κ3) is 5.70. The number of rotatable bonds is 6. The second-order valence-corrected chi connectivity index (χ2v) is 7.94. The van der Waals surface area contributed by atoms with Gasteiger partial charge in [-0.2, -0.15) is 0 Å². The van der Waals surface area contributed by atoms with Crippen molar-refractivity contribution in [1.29, 1.82) is 0 Å². The summed E-state index contributed by atoms with van der Waals surface area (Å²) in [4.78, 5) is 23.3. The van der Waals surface area contributed by atoms with Crippen molar-refractivity contribution < 1.29 is 19.2 Å². The summed E-state index contributed by atoms with van der Waals surface area (Å²) >= 11 is 0. The minimum Gasteiger partial charge on any atom is -0.482 e. The smallest absolute Gasteiger partial charge is 0.408 e. The van der Waals surface area contributed by atoms with Crippen LogP contribution >= 0.6 is 0 Å². The number of nitrogens with zero attached hydrogens (tertiary/aromatic N) is 1. The highest BCUT2D eigenvalue weighted by molar-refractivity contribution is 5.70. The van der Waals surface area contributed by atoms with Crippen LogP contribution in [-0.2, 0) is 16.9 Å². The molecule has 0 spiro atoms. The zero-order valence-electron chi connectivity index (χ0n) is 16.8. The van der Waals surface area contributed by atoms with Crippen LogP contribution in [0.2, 0.25) is 0 Å². The predicted octanol–water partition coefficient (Wildman–Crippen LogP) is 4.93. The lowest BCUT2D eigenvalue weighted by Crippen LogP contribution is -2.44. The van der Waals surface area contributed by atoms with Crippen LogP contribution in [0.1, 0.15) is 45.7 Å². The molecular weight excluding hydrogens is 360 g/mol. The summed E-state index contributed by atoms with van der Waals surface area (Å²) < 4.78 is 11.2. The fourth-order valence-electron chi connectivity index (χ4n) is 2.67. The average molecular weight is 386 g/mol. The first kappa shape index (κ1) is 21.2. The first-order chi connectivity index (χ1) is 13.0. The van der Waals surface area contributed by atoms with Gasteiger partial charge in [0, 0.05) is 11.6 Å². The summed E-state index contributed by atoms with van der Waals surface area (Å²) in [6, 6.07) is 14.0. The van der Waals surface area contributed by atoms with E-state index in [-0.39, 0.29) is 18.0 Å². The van der Waals surface area contributed by atoms with Gasteiger partial charge in [-0.15, -0.1) is 0 Å². The third-order valence-corrected chi connectivity index (χ3v) is 3.90. The lowest BCUT2D eigenvalue weighted by atomic mass is 9.92. The number of carbonyl (C=O) groups is 1. The molecule has 0 aliphatic carbocycles. The highest BCUT2D eigenvalue weighted by Crippen LogP contribution is 2.38. The molecule has 0 aliphatic rings. The molecule has 0 unspecified atom stereocenters. The quantitative estimate of drug-likeness (QED) is 0.561. The number of para-hydroxylation sites is 1. The van der Waals surface area contributed by atoms with Crippen molar-refractivity contribution in [2.45, 2.75) is 52.4 Å². The molecule has 0 aromatic heterocycles. The molecule has 0 atom stereocenters. The summed E-state index contributed by atoms with van der Waals surface area (Å²) in [5.41, 5.74) is -0.406. The zero-order chi connectivity index (χ0) is 20.9. The number of benzene rings is 2. The Morgan fingerprint density at radius 3 is 2.25 bits per heavy atom. The molecule has 0 saturated carbocycles. The van der Waals surface area contributed by atoms with E-state index in [1.165, 1.54) is 6.07 Å². The number of amides is 1. The lowest BCUT2D eigenvalue weighted by Gasteiger charge is -2.30. The Labute approximate surface area is 164 Å². The Kier molecular flexibility index (Phi) is 6.28. The van der Waals surface area contributed by atoms with E-state index in [1.54, 1.807) is 46.8 Å². The zero-order valence-corrected chi connectivity index (χ0v) is 16.8. The fraction of sp³-hybridized carbons (Fsp3) is 0.381. The van der Waals surface area contributed by atoms with Crippen molar-refractivity contribution in [3.05, 3.63) is 69.8 Å². The Morgan fingerprint density at radius 1 is 1.04 bits per heavy atom. The average Bonchev–Trinajstić information content (AvgIpc) is 2.58. The monoisotopic (exact) mass is 386 g/mol. The minimum absolute atomic E-state index is 0.123. The van der Waals surface area contributed by atoms with E-state index in [2.05, 4.69) is 5.32 Å². The summed E-state index contributed by atoms with van der Waals surface area (Å²) in [7, 11) is 0. The van der Waals surface area contributed by atoms with Crippen molar-refractivity contribution in [2.75, 3.05) is 0 Å². The van der Waals surface area contributed by atoms with Gasteiger partial charge in [-0.3, -0.25) is 10.1 Å². The van der Waals surface area contributed by atoms with Crippen LogP contribution in [0.4, 0.5) is 10.5 Å². The summed E-state index contributed by atoms with van der Waals surface area (Å²) in [5, 5.41) is 14.3. The molecule has 28 heavy (non-hydrogen) atoms. The molecule has 0 radical (unpaired) electrons. The lowest BCUT2D eigenvalue weighted by molar-refractivity contribution is -0.386. The maximum atomic E-state index is 12.2. The number of nitro groups is 1. The van der Waals surface area contributed by atoms with Gasteiger partial charge >= 0.3 is 11.8 Å². The Hall–Kier alpha value is -3.09. The Morgan fingerprint density at radius 2 is 1.68 bits per heavy atom. The number of carbonyl (C=O) groups excluding carboxylic acids is 1. The van der Waals surface area contributed by atoms with E-state index < -0.39 is 22.2 Å². The van der Waals surface area contributed by atoms with Crippen molar-refractivity contribution in [2.24, 2.45) is 0 Å². The number of nitro benzene ring substituents is 1. The minimum atomic E-state index is -0.958. The Balaban J connectivity index is 2.35. The molecule has 1 N–H and O–H groups in total. The van der Waals surface area contributed by atoms with E-state index in [0.29, 0.717) is 5.56 Å². The van der Waals surface area contributed by atoms with E-state index in [4.69, 9.17) is 9.47 Å². The maximum Gasteiger partial charge on any atom is 0.408 e. The van der Waals surface area contributed by atoms with E-state index in [9.17, 15) is 14.9 Å². The molecule has 0 aliphatic heterocycles. The number of alkyl carbamates (subject to hydrolysis) is 1. The molecule has 7 nitrogen and oxygen atoms in total. The van der Waals surface area contributed by atoms with Crippen LogP contribution in [0.5, 0.6) is 5.75 Å². The second kappa shape index (κ2) is 8.29. The standard InChI is InChI=1S/C21H26N2O5/c1-20(2,3)28-19(24)22-21(4,5)16-12-9-13-17(23(25)26)18(16)27-14-15-10-7-6-8-11-15/h6-13H,14H2,1-5H3,(H,22,24).